The van der Waals surface area contributed by atoms with Gasteiger partial charge in [0, 0.05) is 30.9 Å². The molecule has 0 atom stereocenters. The average molecular weight is 401 g/mol. The second-order valence-electron chi connectivity index (χ2n) is 6.64. The summed E-state index contributed by atoms with van der Waals surface area (Å²) in [4.78, 5) is 28.1. The van der Waals surface area contributed by atoms with Crippen molar-refractivity contribution in [2.75, 3.05) is 7.05 Å². The molecule has 0 N–H and O–H groups in total. The number of rotatable bonds is 6. The Hall–Kier alpha value is -3.51. The molecule has 4 aromatic rings. The lowest BCUT2D eigenvalue weighted by molar-refractivity contribution is 0.0780. The molecule has 0 spiro atoms. The molecule has 2 aromatic heterocycles. The Morgan fingerprint density at radius 2 is 1.69 bits per heavy atom. The van der Waals surface area contributed by atoms with Crippen molar-refractivity contribution in [3.8, 4) is 5.69 Å². The van der Waals surface area contributed by atoms with Gasteiger partial charge in [-0.1, -0.05) is 42.5 Å². The minimum Gasteiger partial charge on any atom is -0.337 e. The smallest absolute Gasteiger partial charge is 0.254 e. The molecule has 0 bridgehead atoms. The van der Waals surface area contributed by atoms with Crippen LogP contribution in [0.2, 0.25) is 0 Å². The summed E-state index contributed by atoms with van der Waals surface area (Å²) in [7, 11) is 1.73. The van der Waals surface area contributed by atoms with Crippen molar-refractivity contribution >= 4 is 23.0 Å². The molecule has 1 amide bonds. The van der Waals surface area contributed by atoms with E-state index in [0.29, 0.717) is 22.5 Å². The molecule has 0 aliphatic heterocycles. The summed E-state index contributed by atoms with van der Waals surface area (Å²) in [5.74, 6) is -0.327. The number of amides is 1. The van der Waals surface area contributed by atoms with Crippen molar-refractivity contribution in [2.24, 2.45) is 0 Å². The monoisotopic (exact) mass is 401 g/mol. The minimum absolute atomic E-state index is 0.130. The summed E-state index contributed by atoms with van der Waals surface area (Å²) in [6.45, 7) is 0.396. The first-order valence-corrected chi connectivity index (χ1v) is 10.0. The fraction of sp³-hybridized carbons (Fsp3) is 0.0870. The Balaban J connectivity index is 1.53. The van der Waals surface area contributed by atoms with Crippen molar-refractivity contribution in [1.29, 1.82) is 0 Å². The second-order valence-corrected chi connectivity index (χ2v) is 7.59. The zero-order chi connectivity index (χ0) is 20.2. The highest BCUT2D eigenvalue weighted by Gasteiger charge is 2.21. The first kappa shape index (κ1) is 18.8. The summed E-state index contributed by atoms with van der Waals surface area (Å²) >= 11 is 1.37. The Morgan fingerprint density at radius 1 is 0.966 bits per heavy atom. The van der Waals surface area contributed by atoms with Crippen molar-refractivity contribution in [3.05, 3.63) is 106 Å². The Labute approximate surface area is 172 Å². The van der Waals surface area contributed by atoms with Crippen LogP contribution in [0.25, 0.3) is 5.69 Å². The average Bonchev–Trinajstić information content (AvgIpc) is 3.46. The molecule has 0 saturated carbocycles. The van der Waals surface area contributed by atoms with E-state index in [1.807, 2.05) is 48.0 Å². The molecule has 0 fully saturated rings. The van der Waals surface area contributed by atoms with Crippen LogP contribution in [0.3, 0.4) is 0 Å². The van der Waals surface area contributed by atoms with Crippen LogP contribution >= 0.6 is 11.3 Å². The van der Waals surface area contributed by atoms with E-state index in [1.54, 1.807) is 53.2 Å². The van der Waals surface area contributed by atoms with Crippen LogP contribution in [0.1, 0.15) is 31.2 Å². The highest BCUT2D eigenvalue weighted by atomic mass is 32.1. The molecule has 0 unspecified atom stereocenters. The Morgan fingerprint density at radius 3 is 2.41 bits per heavy atom. The maximum Gasteiger partial charge on any atom is 0.254 e. The number of ketones is 1. The molecule has 0 radical (unpaired) electrons. The van der Waals surface area contributed by atoms with Crippen molar-refractivity contribution < 1.29 is 9.59 Å². The Bertz CT molecular complexity index is 1130. The zero-order valence-corrected chi connectivity index (χ0v) is 16.7. The standard InChI is InChI=1S/C23H19N3O2S/c1-25(15-17-14-24-26(16-17)18-8-3-2-4-9-18)23(28)20-11-6-5-10-19(20)22(27)21-12-7-13-29-21/h2-14,16H,15H2,1H3. The quantitative estimate of drug-likeness (QED) is 0.449. The van der Waals surface area contributed by atoms with Gasteiger partial charge in [-0.3, -0.25) is 9.59 Å². The Kier molecular flexibility index (Phi) is 5.35. The lowest BCUT2D eigenvalue weighted by atomic mass is 10.0. The maximum absolute atomic E-state index is 13.1. The summed E-state index contributed by atoms with van der Waals surface area (Å²) in [5, 5.41) is 6.23. The molecular formula is C23H19N3O2S. The van der Waals surface area contributed by atoms with Gasteiger partial charge >= 0.3 is 0 Å². The summed E-state index contributed by atoms with van der Waals surface area (Å²) in [5.41, 5.74) is 2.70. The number of hydrogen-bond acceptors (Lipinski definition) is 4. The van der Waals surface area contributed by atoms with Crippen LogP contribution in [0.4, 0.5) is 0 Å². The van der Waals surface area contributed by atoms with E-state index < -0.39 is 0 Å². The van der Waals surface area contributed by atoms with E-state index in [4.69, 9.17) is 0 Å². The van der Waals surface area contributed by atoms with Gasteiger partial charge in [0.1, 0.15) is 0 Å². The molecular weight excluding hydrogens is 382 g/mol. The number of aromatic nitrogens is 2. The lowest BCUT2D eigenvalue weighted by Crippen LogP contribution is -2.27. The van der Waals surface area contributed by atoms with Gasteiger partial charge in [0.2, 0.25) is 5.78 Å². The number of carbonyl (C=O) groups excluding carboxylic acids is 2. The third-order valence-corrected chi connectivity index (χ3v) is 5.44. The molecule has 6 heteroatoms. The number of thiophene rings is 1. The van der Waals surface area contributed by atoms with Gasteiger partial charge in [0.15, 0.2) is 0 Å². The van der Waals surface area contributed by atoms with Gasteiger partial charge < -0.3 is 4.90 Å². The molecule has 2 aromatic carbocycles. The number of para-hydroxylation sites is 1. The van der Waals surface area contributed by atoms with Crippen molar-refractivity contribution in [3.63, 3.8) is 0 Å². The lowest BCUT2D eigenvalue weighted by Gasteiger charge is -2.18. The molecule has 144 valence electrons. The van der Waals surface area contributed by atoms with E-state index >= 15 is 0 Å². The first-order valence-electron chi connectivity index (χ1n) is 9.15. The third kappa shape index (κ3) is 4.02. The van der Waals surface area contributed by atoms with Crippen LogP contribution in [-0.2, 0) is 6.54 Å². The molecule has 0 aliphatic carbocycles. The van der Waals surface area contributed by atoms with Crippen molar-refractivity contribution in [2.45, 2.75) is 6.54 Å². The topological polar surface area (TPSA) is 55.2 Å². The van der Waals surface area contributed by atoms with Crippen LogP contribution in [0.5, 0.6) is 0 Å². The predicted molar refractivity (Wildman–Crippen MR) is 114 cm³/mol. The van der Waals surface area contributed by atoms with Crippen LogP contribution in [0.15, 0.2) is 84.5 Å². The number of hydrogen-bond donors (Lipinski definition) is 0. The zero-order valence-electron chi connectivity index (χ0n) is 15.9. The predicted octanol–water partition coefficient (Wildman–Crippen LogP) is 4.44. The highest BCUT2D eigenvalue weighted by molar-refractivity contribution is 7.12. The van der Waals surface area contributed by atoms with Crippen LogP contribution in [0, 0.1) is 0 Å². The van der Waals surface area contributed by atoms with Gasteiger partial charge in [0.05, 0.1) is 22.3 Å². The van der Waals surface area contributed by atoms with E-state index in [9.17, 15) is 9.59 Å². The van der Waals surface area contributed by atoms with Gasteiger partial charge in [-0.25, -0.2) is 4.68 Å². The second kappa shape index (κ2) is 8.24. The number of benzene rings is 2. The largest absolute Gasteiger partial charge is 0.337 e. The molecule has 0 saturated heterocycles. The highest BCUT2D eigenvalue weighted by Crippen LogP contribution is 2.20. The number of carbonyl (C=O) groups is 2. The van der Waals surface area contributed by atoms with E-state index in [-0.39, 0.29) is 11.7 Å². The summed E-state index contributed by atoms with van der Waals surface area (Å²) in [6, 6.07) is 20.4. The fourth-order valence-electron chi connectivity index (χ4n) is 3.12. The molecule has 5 nitrogen and oxygen atoms in total. The van der Waals surface area contributed by atoms with Gasteiger partial charge in [-0.05, 0) is 29.6 Å². The SMILES string of the molecule is CN(Cc1cnn(-c2ccccc2)c1)C(=O)c1ccccc1C(=O)c1cccs1. The first-order chi connectivity index (χ1) is 14.1. The van der Waals surface area contributed by atoms with Crippen LogP contribution < -0.4 is 0 Å². The minimum atomic E-state index is -0.196. The van der Waals surface area contributed by atoms with Crippen LogP contribution in [-0.4, -0.2) is 33.4 Å². The van der Waals surface area contributed by atoms with Gasteiger partial charge in [0.25, 0.3) is 5.91 Å². The molecule has 2 heterocycles. The van der Waals surface area contributed by atoms with Gasteiger partial charge in [-0.15, -0.1) is 11.3 Å². The summed E-state index contributed by atoms with van der Waals surface area (Å²) < 4.78 is 1.78. The molecule has 0 aliphatic rings. The number of nitrogens with zero attached hydrogens (tertiary/aromatic N) is 3. The van der Waals surface area contributed by atoms with E-state index in [0.717, 1.165) is 11.3 Å². The fourth-order valence-corrected chi connectivity index (χ4v) is 3.80. The van der Waals surface area contributed by atoms with E-state index in [2.05, 4.69) is 5.10 Å². The molecule has 29 heavy (non-hydrogen) atoms. The third-order valence-electron chi connectivity index (χ3n) is 4.57. The van der Waals surface area contributed by atoms with Crippen molar-refractivity contribution in [1.82, 2.24) is 14.7 Å². The molecule has 4 rings (SSSR count). The van der Waals surface area contributed by atoms with Gasteiger partial charge in [-0.2, -0.15) is 5.10 Å². The normalized spacial score (nSPS) is 10.7. The summed E-state index contributed by atoms with van der Waals surface area (Å²) in [6.07, 6.45) is 3.65. The van der Waals surface area contributed by atoms with E-state index in [1.165, 1.54) is 11.3 Å². The maximum atomic E-state index is 13.1.